The van der Waals surface area contributed by atoms with E-state index in [1.165, 1.54) is 27.3 Å². The number of hydrogen-bond donors (Lipinski definition) is 0. The lowest BCUT2D eigenvalue weighted by atomic mass is 9.91. The minimum atomic E-state index is 0.874. The second kappa shape index (κ2) is 5.43. The van der Waals surface area contributed by atoms with Crippen LogP contribution in [0.2, 0.25) is 0 Å². The lowest BCUT2D eigenvalue weighted by molar-refractivity contribution is 0.313. The molecule has 1 aliphatic heterocycles. The van der Waals surface area contributed by atoms with Crippen molar-refractivity contribution in [2.75, 3.05) is 13.6 Å². The van der Waals surface area contributed by atoms with E-state index in [9.17, 15) is 0 Å². The van der Waals surface area contributed by atoms with Crippen LogP contribution in [-0.4, -0.2) is 23.5 Å². The fourth-order valence-corrected chi connectivity index (χ4v) is 4.02. The third-order valence-corrected chi connectivity index (χ3v) is 5.24. The van der Waals surface area contributed by atoms with Crippen LogP contribution in [0.5, 0.6) is 0 Å². The Hall–Kier alpha value is -2.65. The van der Waals surface area contributed by atoms with E-state index in [-0.39, 0.29) is 0 Å². The molecule has 4 aromatic rings. The van der Waals surface area contributed by atoms with Crippen molar-refractivity contribution in [2.45, 2.75) is 19.9 Å². The third-order valence-electron chi connectivity index (χ3n) is 5.24. The number of pyridine rings is 1. The van der Waals surface area contributed by atoms with Crippen molar-refractivity contribution in [2.24, 2.45) is 0 Å². The van der Waals surface area contributed by atoms with Crippen molar-refractivity contribution < 1.29 is 4.42 Å². The largest absolute Gasteiger partial charge is 0.460 e. The summed E-state index contributed by atoms with van der Waals surface area (Å²) >= 11 is 0. The molecule has 3 heteroatoms. The molecule has 1 aliphatic rings. The van der Waals surface area contributed by atoms with Crippen LogP contribution in [0.3, 0.4) is 0 Å². The smallest absolute Gasteiger partial charge is 0.152 e. The Labute approximate surface area is 146 Å². The van der Waals surface area contributed by atoms with Crippen LogP contribution >= 0.6 is 0 Å². The standard InChI is InChI=1S/C22H20N2O/c1-14-7-10-20(25-14)22-18-13-24(2)12-11-17(18)21-16-6-4-3-5-15(16)8-9-19(21)23-22/h3-10H,11-13H2,1-2H3. The molecule has 0 amide bonds. The van der Waals surface area contributed by atoms with Crippen LogP contribution in [0.25, 0.3) is 33.1 Å². The molecule has 0 unspecified atom stereocenters. The van der Waals surface area contributed by atoms with Gasteiger partial charge in [-0.05, 0) is 60.5 Å². The molecular formula is C22H20N2O. The number of hydrogen-bond acceptors (Lipinski definition) is 3. The summed E-state index contributed by atoms with van der Waals surface area (Å²) < 4.78 is 5.93. The molecule has 0 N–H and O–H groups in total. The van der Waals surface area contributed by atoms with Crippen LogP contribution in [0.4, 0.5) is 0 Å². The average Bonchev–Trinajstić information content (AvgIpc) is 3.06. The Morgan fingerprint density at radius 1 is 1.00 bits per heavy atom. The van der Waals surface area contributed by atoms with Crippen molar-refractivity contribution in [1.29, 1.82) is 0 Å². The fourth-order valence-electron chi connectivity index (χ4n) is 4.02. The summed E-state index contributed by atoms with van der Waals surface area (Å²) in [5, 5.41) is 3.89. The van der Waals surface area contributed by atoms with Gasteiger partial charge in [-0.15, -0.1) is 0 Å². The quantitative estimate of drug-likeness (QED) is 0.463. The first kappa shape index (κ1) is 14.7. The van der Waals surface area contributed by atoms with Crippen LogP contribution in [0, 0.1) is 6.92 Å². The monoisotopic (exact) mass is 328 g/mol. The molecule has 0 fully saturated rings. The zero-order chi connectivity index (χ0) is 17.0. The van der Waals surface area contributed by atoms with Gasteiger partial charge >= 0.3 is 0 Å². The molecule has 0 radical (unpaired) electrons. The molecule has 0 saturated carbocycles. The van der Waals surface area contributed by atoms with Crippen LogP contribution in [-0.2, 0) is 13.0 Å². The lowest BCUT2D eigenvalue weighted by Gasteiger charge is -2.28. The van der Waals surface area contributed by atoms with E-state index >= 15 is 0 Å². The summed E-state index contributed by atoms with van der Waals surface area (Å²) in [5.74, 6) is 1.80. The Kier molecular flexibility index (Phi) is 3.19. The molecule has 3 nitrogen and oxygen atoms in total. The molecule has 0 spiro atoms. The minimum absolute atomic E-state index is 0.874. The molecule has 0 saturated heterocycles. The zero-order valence-electron chi connectivity index (χ0n) is 14.5. The second-order valence-electron chi connectivity index (χ2n) is 7.00. The molecule has 3 heterocycles. The van der Waals surface area contributed by atoms with Gasteiger partial charge < -0.3 is 9.32 Å². The van der Waals surface area contributed by atoms with Crippen LogP contribution in [0.1, 0.15) is 16.9 Å². The van der Waals surface area contributed by atoms with Gasteiger partial charge in [-0.2, -0.15) is 0 Å². The molecule has 5 rings (SSSR count). The van der Waals surface area contributed by atoms with E-state index in [0.29, 0.717) is 0 Å². The number of furan rings is 1. The predicted molar refractivity (Wildman–Crippen MR) is 102 cm³/mol. The van der Waals surface area contributed by atoms with Gasteiger partial charge in [0.2, 0.25) is 0 Å². The maximum Gasteiger partial charge on any atom is 0.152 e. The molecule has 0 aliphatic carbocycles. The number of benzene rings is 2. The highest BCUT2D eigenvalue weighted by atomic mass is 16.3. The Balaban J connectivity index is 1.91. The molecule has 2 aromatic heterocycles. The van der Waals surface area contributed by atoms with Crippen molar-refractivity contribution in [3.05, 3.63) is 65.4 Å². The molecule has 2 aromatic carbocycles. The highest BCUT2D eigenvalue weighted by Gasteiger charge is 2.24. The lowest BCUT2D eigenvalue weighted by Crippen LogP contribution is -2.27. The molecule has 0 atom stereocenters. The topological polar surface area (TPSA) is 29.3 Å². The number of likely N-dealkylation sites (N-methyl/N-ethyl adjacent to an activating group) is 1. The van der Waals surface area contributed by atoms with Gasteiger partial charge in [-0.25, -0.2) is 4.98 Å². The highest BCUT2D eigenvalue weighted by molar-refractivity contribution is 6.09. The van der Waals surface area contributed by atoms with E-state index in [0.717, 1.165) is 42.2 Å². The highest BCUT2D eigenvalue weighted by Crippen LogP contribution is 2.37. The number of aromatic nitrogens is 1. The fraction of sp³-hybridized carbons (Fsp3) is 0.227. The minimum Gasteiger partial charge on any atom is -0.460 e. The van der Waals surface area contributed by atoms with E-state index in [2.05, 4.69) is 48.3 Å². The van der Waals surface area contributed by atoms with Crippen molar-refractivity contribution in [3.8, 4) is 11.5 Å². The van der Waals surface area contributed by atoms with Gasteiger partial charge in [0, 0.05) is 18.5 Å². The number of fused-ring (bicyclic) bond motifs is 5. The average molecular weight is 328 g/mol. The normalized spacial score (nSPS) is 15.0. The zero-order valence-corrected chi connectivity index (χ0v) is 14.5. The van der Waals surface area contributed by atoms with Crippen molar-refractivity contribution in [3.63, 3.8) is 0 Å². The van der Waals surface area contributed by atoms with Gasteiger partial charge in [-0.1, -0.05) is 30.3 Å². The summed E-state index contributed by atoms with van der Waals surface area (Å²) in [6.07, 6.45) is 1.05. The molecule has 0 bridgehead atoms. The molecule has 25 heavy (non-hydrogen) atoms. The van der Waals surface area contributed by atoms with Crippen LogP contribution < -0.4 is 0 Å². The first-order chi connectivity index (χ1) is 12.2. The molecule has 124 valence electrons. The Morgan fingerprint density at radius 2 is 1.88 bits per heavy atom. The summed E-state index contributed by atoms with van der Waals surface area (Å²) in [5.41, 5.74) is 4.80. The van der Waals surface area contributed by atoms with Gasteiger partial charge in [0.25, 0.3) is 0 Å². The maximum absolute atomic E-state index is 5.93. The number of rotatable bonds is 1. The Bertz CT molecular complexity index is 1110. The third kappa shape index (κ3) is 2.27. The number of nitrogens with zero attached hydrogens (tertiary/aromatic N) is 2. The van der Waals surface area contributed by atoms with Crippen molar-refractivity contribution >= 4 is 21.7 Å². The predicted octanol–water partition coefficient (Wildman–Crippen LogP) is 4.94. The summed E-state index contributed by atoms with van der Waals surface area (Å²) in [7, 11) is 2.17. The SMILES string of the molecule is Cc1ccc(-c2nc3ccc4ccccc4c3c3c2CN(C)CC3)o1. The summed E-state index contributed by atoms with van der Waals surface area (Å²) in [4.78, 5) is 7.40. The first-order valence-corrected chi connectivity index (χ1v) is 8.79. The van der Waals surface area contributed by atoms with Crippen molar-refractivity contribution in [1.82, 2.24) is 9.88 Å². The second-order valence-corrected chi connectivity index (χ2v) is 7.00. The Morgan fingerprint density at radius 3 is 2.72 bits per heavy atom. The van der Waals surface area contributed by atoms with Gasteiger partial charge in [-0.3, -0.25) is 0 Å². The van der Waals surface area contributed by atoms with E-state index in [4.69, 9.17) is 9.40 Å². The van der Waals surface area contributed by atoms with E-state index in [1.807, 2.05) is 19.1 Å². The van der Waals surface area contributed by atoms with Gasteiger partial charge in [0.1, 0.15) is 11.5 Å². The maximum atomic E-state index is 5.93. The van der Waals surface area contributed by atoms with Gasteiger partial charge in [0.15, 0.2) is 5.76 Å². The summed E-state index contributed by atoms with van der Waals surface area (Å²) in [6.45, 7) is 3.97. The number of aryl methyl sites for hydroxylation is 1. The van der Waals surface area contributed by atoms with Crippen LogP contribution in [0.15, 0.2) is 52.9 Å². The first-order valence-electron chi connectivity index (χ1n) is 8.79. The summed E-state index contributed by atoms with van der Waals surface area (Å²) in [6, 6.07) is 17.0. The van der Waals surface area contributed by atoms with E-state index in [1.54, 1.807) is 0 Å². The molecular weight excluding hydrogens is 308 g/mol. The van der Waals surface area contributed by atoms with E-state index < -0.39 is 0 Å². The van der Waals surface area contributed by atoms with Gasteiger partial charge in [0.05, 0.1) is 5.52 Å².